The van der Waals surface area contributed by atoms with Gasteiger partial charge < -0.3 is 9.47 Å². The normalized spacial score (nSPS) is 15.7. The highest BCUT2D eigenvalue weighted by molar-refractivity contribution is 5.86. The molecule has 1 aliphatic heterocycles. The van der Waals surface area contributed by atoms with Crippen molar-refractivity contribution in [1.29, 1.82) is 0 Å². The fourth-order valence-corrected chi connectivity index (χ4v) is 4.12. The minimum Gasteiger partial charge on any atom is -0.344 e. The van der Waals surface area contributed by atoms with E-state index < -0.39 is 11.7 Å². The molecule has 4 rings (SSSR count). The molecule has 0 N–H and O–H groups in total. The van der Waals surface area contributed by atoms with Crippen molar-refractivity contribution < 1.29 is 13.2 Å². The van der Waals surface area contributed by atoms with Gasteiger partial charge in [-0.25, -0.2) is 0 Å². The number of halogens is 3. The Bertz CT molecular complexity index is 942. The van der Waals surface area contributed by atoms with E-state index in [-0.39, 0.29) is 0 Å². The van der Waals surface area contributed by atoms with Gasteiger partial charge in [-0.3, -0.25) is 0 Å². The Morgan fingerprint density at radius 3 is 2.56 bits per heavy atom. The zero-order valence-electron chi connectivity index (χ0n) is 15.4. The number of hydrogen-bond donors (Lipinski definition) is 0. The molecule has 0 spiro atoms. The standard InChI is InChI=1S/C22H23F3N2/c1-26-12-5-8-20-19(15-26)18-14-17(22(23,24)25)9-10-21(18)27(20)13-11-16-6-3-2-4-7-16/h2-4,6-7,9-10,14H,5,8,11-13,15H2,1H3. The molecule has 5 heteroatoms. The number of hydrogen-bond acceptors (Lipinski definition) is 1. The molecular formula is C22H23F3N2. The van der Waals surface area contributed by atoms with Crippen molar-refractivity contribution in [3.05, 3.63) is 70.9 Å². The second kappa shape index (κ2) is 7.04. The lowest BCUT2D eigenvalue weighted by Gasteiger charge is -2.13. The predicted molar refractivity (Wildman–Crippen MR) is 102 cm³/mol. The lowest BCUT2D eigenvalue weighted by Crippen LogP contribution is -2.17. The first kappa shape index (κ1) is 18.1. The number of fused-ring (bicyclic) bond motifs is 3. The lowest BCUT2D eigenvalue weighted by atomic mass is 10.1. The minimum absolute atomic E-state index is 0.565. The Kier molecular flexibility index (Phi) is 4.72. The van der Waals surface area contributed by atoms with Crippen LogP contribution in [0.5, 0.6) is 0 Å². The van der Waals surface area contributed by atoms with Crippen LogP contribution in [0.4, 0.5) is 13.2 Å². The molecule has 2 aromatic carbocycles. The van der Waals surface area contributed by atoms with E-state index in [9.17, 15) is 13.2 Å². The third-order valence-electron chi connectivity index (χ3n) is 5.46. The van der Waals surface area contributed by atoms with Gasteiger partial charge in [0.05, 0.1) is 5.56 Å². The number of rotatable bonds is 3. The van der Waals surface area contributed by atoms with E-state index in [1.807, 2.05) is 25.2 Å². The van der Waals surface area contributed by atoms with E-state index in [1.54, 1.807) is 6.07 Å². The smallest absolute Gasteiger partial charge is 0.344 e. The fourth-order valence-electron chi connectivity index (χ4n) is 4.12. The van der Waals surface area contributed by atoms with Gasteiger partial charge in [0.25, 0.3) is 0 Å². The molecule has 0 fully saturated rings. The number of nitrogens with zero attached hydrogens (tertiary/aromatic N) is 2. The molecule has 1 aliphatic rings. The summed E-state index contributed by atoms with van der Waals surface area (Å²) in [6, 6.07) is 14.4. The van der Waals surface area contributed by atoms with E-state index >= 15 is 0 Å². The molecule has 142 valence electrons. The molecule has 0 saturated carbocycles. The van der Waals surface area contributed by atoms with Gasteiger partial charge in [-0.05, 0) is 62.2 Å². The second-order valence-electron chi connectivity index (χ2n) is 7.38. The predicted octanol–water partition coefficient (Wildman–Crippen LogP) is 5.28. The van der Waals surface area contributed by atoms with Crippen LogP contribution in [-0.2, 0) is 32.1 Å². The van der Waals surface area contributed by atoms with Crippen LogP contribution in [0.1, 0.15) is 28.8 Å². The molecule has 2 nitrogen and oxygen atoms in total. The van der Waals surface area contributed by atoms with Gasteiger partial charge in [-0.15, -0.1) is 0 Å². The Hall–Kier alpha value is -2.27. The van der Waals surface area contributed by atoms with Gasteiger partial charge >= 0.3 is 6.18 Å². The largest absolute Gasteiger partial charge is 0.416 e. The average molecular weight is 372 g/mol. The average Bonchev–Trinajstić information content (AvgIpc) is 2.78. The van der Waals surface area contributed by atoms with Crippen LogP contribution in [0.15, 0.2) is 48.5 Å². The second-order valence-corrected chi connectivity index (χ2v) is 7.38. The summed E-state index contributed by atoms with van der Waals surface area (Å²) < 4.78 is 42.0. The molecule has 0 bridgehead atoms. The quantitative estimate of drug-likeness (QED) is 0.607. The van der Waals surface area contributed by atoms with Gasteiger partial charge in [0.15, 0.2) is 0 Å². The molecule has 0 radical (unpaired) electrons. The summed E-state index contributed by atoms with van der Waals surface area (Å²) in [5.41, 5.74) is 3.85. The summed E-state index contributed by atoms with van der Waals surface area (Å²) in [5, 5.41) is 0.752. The van der Waals surface area contributed by atoms with Crippen molar-refractivity contribution in [2.75, 3.05) is 13.6 Å². The molecule has 0 unspecified atom stereocenters. The highest BCUT2D eigenvalue weighted by atomic mass is 19.4. The first-order chi connectivity index (χ1) is 12.9. The highest BCUT2D eigenvalue weighted by Gasteiger charge is 2.32. The number of aromatic nitrogens is 1. The van der Waals surface area contributed by atoms with Crippen LogP contribution in [0, 0.1) is 0 Å². The Labute approximate surface area is 157 Å². The molecule has 0 aliphatic carbocycles. The van der Waals surface area contributed by atoms with E-state index in [2.05, 4.69) is 21.6 Å². The Balaban J connectivity index is 1.80. The molecule has 1 aromatic heterocycles. The monoisotopic (exact) mass is 372 g/mol. The van der Waals surface area contributed by atoms with Gasteiger partial charge in [-0.2, -0.15) is 13.2 Å². The van der Waals surface area contributed by atoms with Gasteiger partial charge in [0.1, 0.15) is 0 Å². The molecule has 0 amide bonds. The van der Waals surface area contributed by atoms with Crippen molar-refractivity contribution >= 4 is 10.9 Å². The van der Waals surface area contributed by atoms with Crippen LogP contribution in [0.2, 0.25) is 0 Å². The summed E-state index contributed by atoms with van der Waals surface area (Å²) in [4.78, 5) is 2.20. The van der Waals surface area contributed by atoms with Crippen molar-refractivity contribution in [3.8, 4) is 0 Å². The van der Waals surface area contributed by atoms with E-state index in [0.717, 1.165) is 48.8 Å². The SMILES string of the molecule is CN1CCCc2c(c3cc(C(F)(F)F)ccc3n2CCc2ccccc2)C1. The summed E-state index contributed by atoms with van der Waals surface area (Å²) in [7, 11) is 2.04. The first-order valence-electron chi connectivity index (χ1n) is 9.37. The third-order valence-corrected chi connectivity index (χ3v) is 5.46. The van der Waals surface area contributed by atoms with Gasteiger partial charge in [0, 0.05) is 29.7 Å². The van der Waals surface area contributed by atoms with Crippen molar-refractivity contribution in [1.82, 2.24) is 9.47 Å². The summed E-state index contributed by atoms with van der Waals surface area (Å²) in [5.74, 6) is 0. The Morgan fingerprint density at radius 1 is 1.04 bits per heavy atom. The first-order valence-corrected chi connectivity index (χ1v) is 9.37. The van der Waals surface area contributed by atoms with Crippen molar-refractivity contribution in [2.24, 2.45) is 0 Å². The third kappa shape index (κ3) is 3.61. The highest BCUT2D eigenvalue weighted by Crippen LogP contribution is 2.36. The van der Waals surface area contributed by atoms with Crippen LogP contribution in [0.25, 0.3) is 10.9 Å². The molecule has 0 atom stereocenters. The minimum atomic E-state index is -4.32. The van der Waals surface area contributed by atoms with Crippen molar-refractivity contribution in [3.63, 3.8) is 0 Å². The zero-order chi connectivity index (χ0) is 19.0. The topological polar surface area (TPSA) is 8.17 Å². The van der Waals surface area contributed by atoms with Crippen LogP contribution >= 0.6 is 0 Å². The molecular weight excluding hydrogens is 349 g/mol. The Morgan fingerprint density at radius 2 is 1.81 bits per heavy atom. The van der Waals surface area contributed by atoms with Crippen LogP contribution in [0.3, 0.4) is 0 Å². The molecule has 27 heavy (non-hydrogen) atoms. The van der Waals surface area contributed by atoms with Crippen LogP contribution < -0.4 is 0 Å². The number of aryl methyl sites for hydroxylation is 2. The maximum Gasteiger partial charge on any atom is 0.416 e. The van der Waals surface area contributed by atoms with E-state index in [1.165, 1.54) is 23.4 Å². The fraction of sp³-hybridized carbons (Fsp3) is 0.364. The van der Waals surface area contributed by atoms with Crippen LogP contribution in [-0.4, -0.2) is 23.1 Å². The van der Waals surface area contributed by atoms with Gasteiger partial charge in [-0.1, -0.05) is 30.3 Å². The molecule has 0 saturated heterocycles. The summed E-state index contributed by atoms with van der Waals surface area (Å²) in [6.07, 6.45) is -1.51. The summed E-state index contributed by atoms with van der Waals surface area (Å²) >= 11 is 0. The van der Waals surface area contributed by atoms with Crippen molar-refractivity contribution in [2.45, 2.75) is 38.5 Å². The maximum atomic E-state index is 13.3. The molecule has 2 heterocycles. The lowest BCUT2D eigenvalue weighted by molar-refractivity contribution is -0.137. The number of alkyl halides is 3. The number of benzene rings is 2. The maximum absolute atomic E-state index is 13.3. The molecule has 3 aromatic rings. The van der Waals surface area contributed by atoms with E-state index in [0.29, 0.717) is 6.54 Å². The van der Waals surface area contributed by atoms with Gasteiger partial charge in [0.2, 0.25) is 0 Å². The zero-order valence-corrected chi connectivity index (χ0v) is 15.4. The summed E-state index contributed by atoms with van der Waals surface area (Å²) in [6.45, 7) is 2.45. The van der Waals surface area contributed by atoms with E-state index in [4.69, 9.17) is 0 Å².